The molecule has 5 heteroatoms. The van der Waals surface area contributed by atoms with E-state index < -0.39 is 10.0 Å². The van der Waals surface area contributed by atoms with Crippen molar-refractivity contribution in [1.29, 1.82) is 0 Å². The van der Waals surface area contributed by atoms with Crippen LogP contribution in [0.15, 0.2) is 0 Å². The maximum Gasteiger partial charge on any atom is 0.216 e. The Morgan fingerprint density at radius 1 is 1.27 bits per heavy atom. The molecule has 0 unspecified atom stereocenters. The first-order valence-electron chi connectivity index (χ1n) is 5.56. The lowest BCUT2D eigenvalue weighted by atomic mass is 10.2. The molecule has 0 aromatic rings. The van der Waals surface area contributed by atoms with Crippen molar-refractivity contribution in [3.63, 3.8) is 0 Å². The van der Waals surface area contributed by atoms with Crippen molar-refractivity contribution in [2.45, 2.75) is 46.1 Å². The van der Waals surface area contributed by atoms with Crippen LogP contribution in [0.25, 0.3) is 0 Å². The Morgan fingerprint density at radius 3 is 2.27 bits per heavy atom. The molecule has 0 aliphatic heterocycles. The van der Waals surface area contributed by atoms with E-state index in [1.54, 1.807) is 0 Å². The Morgan fingerprint density at radius 2 is 1.87 bits per heavy atom. The average molecular weight is 237 g/mol. The molecule has 0 aromatic carbocycles. The molecule has 0 radical (unpaired) electrons. The van der Waals surface area contributed by atoms with E-state index >= 15 is 0 Å². The molecule has 0 heterocycles. The molecule has 0 saturated carbocycles. The molecule has 0 atom stereocenters. The minimum absolute atomic E-state index is 0.0293. The molecule has 0 bridgehead atoms. The van der Waals surface area contributed by atoms with Crippen LogP contribution in [0.5, 0.6) is 0 Å². The molecule has 92 valence electrons. The second-order valence-corrected chi connectivity index (χ2v) is 5.99. The van der Waals surface area contributed by atoms with E-state index in [9.17, 15) is 8.42 Å². The molecule has 0 spiro atoms. The molecule has 15 heavy (non-hydrogen) atoms. The van der Waals surface area contributed by atoms with E-state index in [2.05, 4.69) is 6.92 Å². The van der Waals surface area contributed by atoms with E-state index in [4.69, 9.17) is 5.11 Å². The van der Waals surface area contributed by atoms with Gasteiger partial charge in [-0.1, -0.05) is 19.8 Å². The van der Waals surface area contributed by atoms with Gasteiger partial charge in [0, 0.05) is 12.6 Å². The van der Waals surface area contributed by atoms with Gasteiger partial charge in [-0.25, -0.2) is 8.42 Å². The Labute approximate surface area is 93.3 Å². The van der Waals surface area contributed by atoms with Gasteiger partial charge >= 0.3 is 0 Å². The quantitative estimate of drug-likeness (QED) is 0.646. The molecular weight excluding hydrogens is 214 g/mol. The van der Waals surface area contributed by atoms with Crippen molar-refractivity contribution in [3.8, 4) is 0 Å². The highest BCUT2D eigenvalue weighted by atomic mass is 32.2. The van der Waals surface area contributed by atoms with Gasteiger partial charge in [0.25, 0.3) is 0 Å². The summed E-state index contributed by atoms with van der Waals surface area (Å²) in [6, 6.07) is -0.0293. The fourth-order valence-corrected chi connectivity index (χ4v) is 2.98. The molecule has 0 aliphatic rings. The first kappa shape index (κ1) is 14.9. The van der Waals surface area contributed by atoms with Crippen molar-refractivity contribution in [1.82, 2.24) is 4.31 Å². The topological polar surface area (TPSA) is 57.6 Å². The molecule has 0 fully saturated rings. The van der Waals surface area contributed by atoms with Crippen LogP contribution in [0.1, 0.15) is 40.0 Å². The molecule has 1 N–H and O–H groups in total. The van der Waals surface area contributed by atoms with E-state index in [1.165, 1.54) is 4.31 Å². The lowest BCUT2D eigenvalue weighted by Gasteiger charge is -2.25. The zero-order chi connectivity index (χ0) is 11.9. The van der Waals surface area contributed by atoms with Crippen LogP contribution < -0.4 is 0 Å². The second kappa shape index (κ2) is 7.19. The van der Waals surface area contributed by atoms with Crippen LogP contribution in [0, 0.1) is 0 Å². The summed E-state index contributed by atoms with van der Waals surface area (Å²) in [6.45, 7) is 6.07. The van der Waals surface area contributed by atoms with Gasteiger partial charge in [-0.2, -0.15) is 4.31 Å². The summed E-state index contributed by atoms with van der Waals surface area (Å²) in [5, 5.41) is 8.70. The number of hydrogen-bond donors (Lipinski definition) is 1. The predicted octanol–water partition coefficient (Wildman–Crippen LogP) is 1.21. The standard InChI is InChI=1S/C10H23NO3S/c1-4-5-6-7-11(10(2)3)15(13,14)9-8-12/h10,12H,4-9H2,1-3H3. The van der Waals surface area contributed by atoms with Crippen molar-refractivity contribution < 1.29 is 13.5 Å². The lowest BCUT2D eigenvalue weighted by molar-refractivity contribution is 0.306. The van der Waals surface area contributed by atoms with Crippen LogP contribution in [-0.4, -0.2) is 42.8 Å². The van der Waals surface area contributed by atoms with E-state index in [-0.39, 0.29) is 18.4 Å². The van der Waals surface area contributed by atoms with Crippen LogP contribution in [0.4, 0.5) is 0 Å². The van der Waals surface area contributed by atoms with Crippen LogP contribution in [0.2, 0.25) is 0 Å². The first-order valence-corrected chi connectivity index (χ1v) is 7.17. The fraction of sp³-hybridized carbons (Fsp3) is 1.00. The van der Waals surface area contributed by atoms with E-state index in [1.807, 2.05) is 13.8 Å². The maximum atomic E-state index is 11.7. The molecule has 0 rings (SSSR count). The maximum absolute atomic E-state index is 11.7. The Balaban J connectivity index is 4.38. The van der Waals surface area contributed by atoms with Gasteiger partial charge in [0.1, 0.15) is 0 Å². The second-order valence-electron chi connectivity index (χ2n) is 3.95. The fourth-order valence-electron chi connectivity index (χ4n) is 1.47. The summed E-state index contributed by atoms with van der Waals surface area (Å²) in [4.78, 5) is 0. The third-order valence-corrected chi connectivity index (χ3v) is 4.28. The molecule has 0 amide bonds. The molecule has 4 nitrogen and oxygen atoms in total. The van der Waals surface area contributed by atoms with Crippen molar-refractivity contribution in [2.75, 3.05) is 18.9 Å². The summed E-state index contributed by atoms with van der Waals surface area (Å²) >= 11 is 0. The number of rotatable bonds is 8. The first-order chi connectivity index (χ1) is 6.95. The lowest BCUT2D eigenvalue weighted by Crippen LogP contribution is -2.39. The third kappa shape index (κ3) is 5.49. The largest absolute Gasteiger partial charge is 0.395 e. The third-order valence-electron chi connectivity index (χ3n) is 2.26. The SMILES string of the molecule is CCCCCN(C(C)C)S(=O)(=O)CCO. The Hall–Kier alpha value is -0.130. The Bertz CT molecular complexity index is 249. The van der Waals surface area contributed by atoms with Gasteiger partial charge in [-0.15, -0.1) is 0 Å². The number of hydrogen-bond acceptors (Lipinski definition) is 3. The number of unbranched alkanes of at least 4 members (excludes halogenated alkanes) is 2. The van der Waals surface area contributed by atoms with Crippen LogP contribution in [-0.2, 0) is 10.0 Å². The molecular formula is C10H23NO3S. The number of sulfonamides is 1. The van der Waals surface area contributed by atoms with Gasteiger partial charge in [-0.05, 0) is 20.3 Å². The predicted molar refractivity (Wildman–Crippen MR) is 62.2 cm³/mol. The number of nitrogens with zero attached hydrogens (tertiary/aromatic N) is 1. The van der Waals surface area contributed by atoms with Gasteiger partial charge in [0.05, 0.1) is 12.4 Å². The molecule has 0 aromatic heterocycles. The number of aliphatic hydroxyl groups is 1. The van der Waals surface area contributed by atoms with Crippen molar-refractivity contribution in [2.24, 2.45) is 0 Å². The van der Waals surface area contributed by atoms with Gasteiger partial charge in [-0.3, -0.25) is 0 Å². The summed E-state index contributed by atoms with van der Waals surface area (Å²) in [6.07, 6.45) is 3.00. The van der Waals surface area contributed by atoms with Crippen LogP contribution >= 0.6 is 0 Å². The van der Waals surface area contributed by atoms with Crippen molar-refractivity contribution >= 4 is 10.0 Å². The van der Waals surface area contributed by atoms with Crippen LogP contribution in [0.3, 0.4) is 0 Å². The summed E-state index contributed by atoms with van der Waals surface area (Å²) in [7, 11) is -3.27. The number of aliphatic hydroxyl groups excluding tert-OH is 1. The monoisotopic (exact) mass is 237 g/mol. The summed E-state index contributed by atoms with van der Waals surface area (Å²) in [5.41, 5.74) is 0. The zero-order valence-corrected chi connectivity index (χ0v) is 10.8. The van der Waals surface area contributed by atoms with E-state index in [0.29, 0.717) is 6.54 Å². The highest BCUT2D eigenvalue weighted by molar-refractivity contribution is 7.89. The summed E-state index contributed by atoms with van der Waals surface area (Å²) < 4.78 is 24.9. The minimum atomic E-state index is -3.27. The van der Waals surface area contributed by atoms with Gasteiger partial charge in [0.2, 0.25) is 10.0 Å². The normalized spacial score (nSPS) is 12.7. The highest BCUT2D eigenvalue weighted by Gasteiger charge is 2.23. The van der Waals surface area contributed by atoms with Crippen molar-refractivity contribution in [3.05, 3.63) is 0 Å². The highest BCUT2D eigenvalue weighted by Crippen LogP contribution is 2.10. The zero-order valence-electron chi connectivity index (χ0n) is 9.94. The molecule has 0 aliphatic carbocycles. The minimum Gasteiger partial charge on any atom is -0.395 e. The van der Waals surface area contributed by atoms with E-state index in [0.717, 1.165) is 19.3 Å². The van der Waals surface area contributed by atoms with Gasteiger partial charge < -0.3 is 5.11 Å². The molecule has 0 saturated heterocycles. The smallest absolute Gasteiger partial charge is 0.216 e. The summed E-state index contributed by atoms with van der Waals surface area (Å²) in [5.74, 6) is -0.169. The van der Waals surface area contributed by atoms with Gasteiger partial charge in [0.15, 0.2) is 0 Å². The Kier molecular flexibility index (Phi) is 7.13. The average Bonchev–Trinajstić information content (AvgIpc) is 2.11.